The highest BCUT2D eigenvalue weighted by Gasteiger charge is 2.42. The van der Waals surface area contributed by atoms with Crippen LogP contribution in [0.15, 0.2) is 24.3 Å². The number of rotatable bonds is 4. The lowest BCUT2D eigenvalue weighted by molar-refractivity contribution is 0.230. The second-order valence-electron chi connectivity index (χ2n) is 3.96. The van der Waals surface area contributed by atoms with Crippen LogP contribution in [-0.2, 0) is 0 Å². The third-order valence-corrected chi connectivity index (χ3v) is 2.79. The van der Waals surface area contributed by atoms with E-state index in [4.69, 9.17) is 10.5 Å². The molecule has 1 aliphatic carbocycles. The van der Waals surface area contributed by atoms with Crippen LogP contribution in [0.4, 0.5) is 0 Å². The van der Waals surface area contributed by atoms with Crippen LogP contribution in [0.25, 0.3) is 0 Å². The van der Waals surface area contributed by atoms with Gasteiger partial charge in [0.25, 0.3) is 0 Å². The maximum absolute atomic E-state index is 9.44. The van der Waals surface area contributed by atoms with Crippen molar-refractivity contribution in [2.24, 2.45) is 11.1 Å². The first kappa shape index (κ1) is 9.34. The lowest BCUT2D eigenvalue weighted by Crippen LogP contribution is -2.22. The molecule has 1 aromatic carbocycles. The highest BCUT2D eigenvalue weighted by molar-refractivity contribution is 5.38. The summed E-state index contributed by atoms with van der Waals surface area (Å²) in [4.78, 5) is 0. The molecule has 0 radical (unpaired) electrons. The molecule has 1 fully saturated rings. The standard InChI is InChI=1S/C11H15NO2/c12-7-11(5-6-11)8-14-10-4-2-1-3-9(10)13/h1-4,13H,5-8,12H2. The van der Waals surface area contributed by atoms with E-state index in [1.165, 1.54) is 0 Å². The molecule has 14 heavy (non-hydrogen) atoms. The molecule has 1 saturated carbocycles. The van der Waals surface area contributed by atoms with Gasteiger partial charge in [-0.25, -0.2) is 0 Å². The van der Waals surface area contributed by atoms with E-state index in [9.17, 15) is 5.11 Å². The Bertz CT molecular complexity index is 321. The third kappa shape index (κ3) is 1.82. The molecule has 0 bridgehead atoms. The first-order chi connectivity index (χ1) is 6.76. The number of phenolic OH excluding ortho intramolecular Hbond substituents is 1. The number of ether oxygens (including phenoxy) is 1. The van der Waals surface area contributed by atoms with Crippen molar-refractivity contribution in [2.45, 2.75) is 12.8 Å². The van der Waals surface area contributed by atoms with E-state index in [0.717, 1.165) is 12.8 Å². The summed E-state index contributed by atoms with van der Waals surface area (Å²) in [5.74, 6) is 0.743. The fraction of sp³-hybridized carbons (Fsp3) is 0.455. The summed E-state index contributed by atoms with van der Waals surface area (Å²) in [6, 6.07) is 7.01. The van der Waals surface area contributed by atoms with Gasteiger partial charge in [0.1, 0.15) is 0 Å². The van der Waals surface area contributed by atoms with E-state index in [0.29, 0.717) is 18.9 Å². The molecule has 0 heterocycles. The Balaban J connectivity index is 1.95. The van der Waals surface area contributed by atoms with Gasteiger partial charge in [-0.3, -0.25) is 0 Å². The van der Waals surface area contributed by atoms with Gasteiger partial charge in [-0.15, -0.1) is 0 Å². The zero-order chi connectivity index (χ0) is 10.0. The van der Waals surface area contributed by atoms with Gasteiger partial charge in [-0.2, -0.15) is 0 Å². The lowest BCUT2D eigenvalue weighted by Gasteiger charge is -2.14. The van der Waals surface area contributed by atoms with Crippen LogP contribution in [0, 0.1) is 5.41 Å². The first-order valence-electron chi connectivity index (χ1n) is 4.87. The minimum atomic E-state index is 0.183. The van der Waals surface area contributed by atoms with Crippen molar-refractivity contribution in [3.63, 3.8) is 0 Å². The number of hydrogen-bond acceptors (Lipinski definition) is 3. The molecule has 1 aromatic rings. The van der Waals surface area contributed by atoms with E-state index in [1.54, 1.807) is 18.2 Å². The molecule has 2 rings (SSSR count). The number of aromatic hydroxyl groups is 1. The summed E-state index contributed by atoms with van der Waals surface area (Å²) in [5.41, 5.74) is 5.81. The normalized spacial score (nSPS) is 17.8. The van der Waals surface area contributed by atoms with E-state index >= 15 is 0 Å². The maximum Gasteiger partial charge on any atom is 0.160 e. The van der Waals surface area contributed by atoms with Gasteiger partial charge in [0.05, 0.1) is 6.61 Å². The number of benzene rings is 1. The fourth-order valence-electron chi connectivity index (χ4n) is 1.39. The molecule has 0 saturated heterocycles. The summed E-state index contributed by atoms with van der Waals surface area (Å²) in [7, 11) is 0. The number of nitrogens with two attached hydrogens (primary N) is 1. The molecule has 3 N–H and O–H groups in total. The van der Waals surface area contributed by atoms with Gasteiger partial charge in [-0.1, -0.05) is 12.1 Å². The molecule has 1 aliphatic rings. The van der Waals surface area contributed by atoms with Gasteiger partial charge in [0.2, 0.25) is 0 Å². The van der Waals surface area contributed by atoms with Crippen molar-refractivity contribution in [1.82, 2.24) is 0 Å². The predicted octanol–water partition coefficient (Wildman–Crippen LogP) is 1.51. The summed E-state index contributed by atoms with van der Waals surface area (Å²) < 4.78 is 5.52. The van der Waals surface area contributed by atoms with Crippen LogP contribution >= 0.6 is 0 Å². The second kappa shape index (κ2) is 3.50. The largest absolute Gasteiger partial charge is 0.504 e. The van der Waals surface area contributed by atoms with Crippen molar-refractivity contribution >= 4 is 0 Å². The molecular formula is C11H15NO2. The van der Waals surface area contributed by atoms with Crippen molar-refractivity contribution in [2.75, 3.05) is 13.2 Å². The Hall–Kier alpha value is -1.22. The summed E-state index contributed by atoms with van der Waals surface area (Å²) in [5, 5.41) is 9.44. The van der Waals surface area contributed by atoms with Gasteiger partial charge in [0, 0.05) is 12.0 Å². The van der Waals surface area contributed by atoms with Crippen LogP contribution in [0.5, 0.6) is 11.5 Å². The maximum atomic E-state index is 9.44. The average Bonchev–Trinajstić information content (AvgIpc) is 2.98. The molecular weight excluding hydrogens is 178 g/mol. The highest BCUT2D eigenvalue weighted by Crippen LogP contribution is 2.45. The zero-order valence-electron chi connectivity index (χ0n) is 8.07. The highest BCUT2D eigenvalue weighted by atomic mass is 16.5. The topological polar surface area (TPSA) is 55.5 Å². The quantitative estimate of drug-likeness (QED) is 0.762. The molecule has 0 spiro atoms. The summed E-state index contributed by atoms with van der Waals surface area (Å²) in [6.45, 7) is 1.28. The number of para-hydroxylation sites is 2. The van der Waals surface area contributed by atoms with Crippen molar-refractivity contribution in [3.05, 3.63) is 24.3 Å². The average molecular weight is 193 g/mol. The Morgan fingerprint density at radius 3 is 2.64 bits per heavy atom. The van der Waals surface area contributed by atoms with Gasteiger partial charge in [-0.05, 0) is 25.0 Å². The molecule has 3 nitrogen and oxygen atoms in total. The molecule has 76 valence electrons. The lowest BCUT2D eigenvalue weighted by atomic mass is 10.1. The Morgan fingerprint density at radius 1 is 1.36 bits per heavy atom. The predicted molar refractivity (Wildman–Crippen MR) is 54.3 cm³/mol. The minimum absolute atomic E-state index is 0.183. The van der Waals surface area contributed by atoms with Crippen LogP contribution in [-0.4, -0.2) is 18.3 Å². The van der Waals surface area contributed by atoms with Gasteiger partial charge >= 0.3 is 0 Å². The SMILES string of the molecule is NCC1(COc2ccccc2O)CC1. The van der Waals surface area contributed by atoms with Crippen LogP contribution in [0.1, 0.15) is 12.8 Å². The third-order valence-electron chi connectivity index (χ3n) is 2.79. The Morgan fingerprint density at radius 2 is 2.07 bits per heavy atom. The van der Waals surface area contributed by atoms with Gasteiger partial charge in [0.15, 0.2) is 11.5 Å². The van der Waals surface area contributed by atoms with E-state index in [2.05, 4.69) is 0 Å². The fourth-order valence-corrected chi connectivity index (χ4v) is 1.39. The zero-order valence-corrected chi connectivity index (χ0v) is 8.07. The second-order valence-corrected chi connectivity index (χ2v) is 3.96. The Labute approximate surface area is 83.5 Å². The Kier molecular flexibility index (Phi) is 2.33. The molecule has 0 unspecified atom stereocenters. The molecule has 0 amide bonds. The smallest absolute Gasteiger partial charge is 0.160 e. The van der Waals surface area contributed by atoms with Crippen LogP contribution < -0.4 is 10.5 Å². The van der Waals surface area contributed by atoms with Crippen LogP contribution in [0.3, 0.4) is 0 Å². The van der Waals surface area contributed by atoms with Crippen molar-refractivity contribution in [1.29, 1.82) is 0 Å². The summed E-state index contributed by atoms with van der Waals surface area (Å²) in [6.07, 6.45) is 2.27. The first-order valence-corrected chi connectivity index (χ1v) is 4.87. The minimum Gasteiger partial charge on any atom is -0.504 e. The monoisotopic (exact) mass is 193 g/mol. The molecule has 3 heteroatoms. The van der Waals surface area contributed by atoms with E-state index < -0.39 is 0 Å². The van der Waals surface area contributed by atoms with Crippen molar-refractivity contribution in [3.8, 4) is 11.5 Å². The van der Waals surface area contributed by atoms with E-state index in [1.807, 2.05) is 6.07 Å². The van der Waals surface area contributed by atoms with Gasteiger partial charge < -0.3 is 15.6 Å². The molecule has 0 aliphatic heterocycles. The van der Waals surface area contributed by atoms with Crippen LogP contribution in [0.2, 0.25) is 0 Å². The number of hydrogen-bond donors (Lipinski definition) is 2. The molecule has 0 atom stereocenters. The number of phenols is 1. The molecule has 0 aromatic heterocycles. The van der Waals surface area contributed by atoms with E-state index in [-0.39, 0.29) is 11.2 Å². The summed E-state index contributed by atoms with van der Waals surface area (Å²) >= 11 is 0. The van der Waals surface area contributed by atoms with Crippen molar-refractivity contribution < 1.29 is 9.84 Å².